The molecule has 1 aliphatic heterocycles. The molecule has 2 rings (SSSR count). The van der Waals surface area contributed by atoms with Gasteiger partial charge in [-0.1, -0.05) is 19.8 Å². The third-order valence-corrected chi connectivity index (χ3v) is 3.74. The molecule has 1 aliphatic carbocycles. The van der Waals surface area contributed by atoms with Gasteiger partial charge in [-0.3, -0.25) is 0 Å². The lowest BCUT2D eigenvalue weighted by molar-refractivity contribution is 0.0544. The van der Waals surface area contributed by atoms with Gasteiger partial charge in [-0.15, -0.1) is 0 Å². The molecule has 0 aromatic heterocycles. The van der Waals surface area contributed by atoms with Crippen LogP contribution in [0.15, 0.2) is 0 Å². The van der Waals surface area contributed by atoms with Crippen LogP contribution in [0.1, 0.15) is 39.0 Å². The van der Waals surface area contributed by atoms with E-state index in [2.05, 4.69) is 18.9 Å². The van der Waals surface area contributed by atoms with E-state index in [-0.39, 0.29) is 0 Å². The van der Waals surface area contributed by atoms with Gasteiger partial charge in [-0.25, -0.2) is 0 Å². The van der Waals surface area contributed by atoms with Gasteiger partial charge < -0.3 is 4.90 Å². The normalized spacial score (nSPS) is 44.0. The van der Waals surface area contributed by atoms with Gasteiger partial charge in [0.15, 0.2) is 0 Å². The molecule has 0 amide bonds. The number of hydrogen-bond acceptors (Lipinski definition) is 1. The van der Waals surface area contributed by atoms with Crippen LogP contribution in [0, 0.1) is 11.8 Å². The number of rotatable bonds is 0. The summed E-state index contributed by atoms with van der Waals surface area (Å²) >= 11 is 0. The second-order valence-electron chi connectivity index (χ2n) is 4.89. The Morgan fingerprint density at radius 1 is 1.17 bits per heavy atom. The summed E-state index contributed by atoms with van der Waals surface area (Å²) in [6.45, 7) is 3.74. The first kappa shape index (κ1) is 8.55. The van der Waals surface area contributed by atoms with Gasteiger partial charge in [0.2, 0.25) is 0 Å². The standard InChI is InChI=1S/C11H21N/c1-9-7-10-5-3-4-6-11(10)12(2)8-9/h9-11H,3-8H2,1-2H3/t9-,10+,11+/m0/s1. The molecule has 0 unspecified atom stereocenters. The first-order chi connectivity index (χ1) is 5.77. The van der Waals surface area contributed by atoms with Crippen LogP contribution in [0.25, 0.3) is 0 Å². The Kier molecular flexibility index (Phi) is 2.40. The minimum absolute atomic E-state index is 0.939. The highest BCUT2D eigenvalue weighted by atomic mass is 15.1. The second-order valence-corrected chi connectivity index (χ2v) is 4.89. The van der Waals surface area contributed by atoms with E-state index in [0.717, 1.165) is 17.9 Å². The van der Waals surface area contributed by atoms with Crippen LogP contribution in [0.3, 0.4) is 0 Å². The Balaban J connectivity index is 2.01. The lowest BCUT2D eigenvalue weighted by Crippen LogP contribution is -2.47. The molecule has 0 bridgehead atoms. The van der Waals surface area contributed by atoms with Gasteiger partial charge in [0, 0.05) is 12.6 Å². The van der Waals surface area contributed by atoms with Crippen LogP contribution in [-0.2, 0) is 0 Å². The molecule has 70 valence electrons. The van der Waals surface area contributed by atoms with Crippen LogP contribution in [0.4, 0.5) is 0 Å². The zero-order chi connectivity index (χ0) is 8.55. The van der Waals surface area contributed by atoms with E-state index in [1.54, 1.807) is 0 Å². The topological polar surface area (TPSA) is 3.24 Å². The molecule has 2 aliphatic rings. The summed E-state index contributed by atoms with van der Waals surface area (Å²) in [5.74, 6) is 1.97. The largest absolute Gasteiger partial charge is 0.303 e. The predicted molar refractivity (Wildman–Crippen MR) is 52.2 cm³/mol. The summed E-state index contributed by atoms with van der Waals surface area (Å²) in [7, 11) is 2.32. The van der Waals surface area contributed by atoms with Gasteiger partial charge in [0.05, 0.1) is 0 Å². The minimum Gasteiger partial charge on any atom is -0.303 e. The van der Waals surface area contributed by atoms with Gasteiger partial charge >= 0.3 is 0 Å². The Bertz CT molecular complexity index is 155. The summed E-state index contributed by atoms with van der Waals surface area (Å²) in [5.41, 5.74) is 0. The Labute approximate surface area is 76.1 Å². The molecular weight excluding hydrogens is 146 g/mol. The maximum Gasteiger partial charge on any atom is 0.0121 e. The highest BCUT2D eigenvalue weighted by Crippen LogP contribution is 2.36. The van der Waals surface area contributed by atoms with Gasteiger partial charge in [0.1, 0.15) is 0 Å². The van der Waals surface area contributed by atoms with Crippen molar-refractivity contribution in [3.8, 4) is 0 Å². The van der Waals surface area contributed by atoms with E-state index in [9.17, 15) is 0 Å². The van der Waals surface area contributed by atoms with E-state index in [1.807, 2.05) is 0 Å². The fraction of sp³-hybridized carbons (Fsp3) is 1.00. The van der Waals surface area contributed by atoms with Gasteiger partial charge in [0.25, 0.3) is 0 Å². The summed E-state index contributed by atoms with van der Waals surface area (Å²) in [6.07, 6.45) is 7.42. The molecule has 0 aromatic carbocycles. The molecule has 0 N–H and O–H groups in total. The van der Waals surface area contributed by atoms with Crippen molar-refractivity contribution in [2.75, 3.05) is 13.6 Å². The first-order valence-electron chi connectivity index (χ1n) is 5.47. The van der Waals surface area contributed by atoms with E-state index in [0.29, 0.717) is 0 Å². The van der Waals surface area contributed by atoms with E-state index in [1.165, 1.54) is 38.6 Å². The molecule has 12 heavy (non-hydrogen) atoms. The molecule has 1 saturated carbocycles. The van der Waals surface area contributed by atoms with E-state index >= 15 is 0 Å². The Morgan fingerprint density at radius 3 is 2.75 bits per heavy atom. The molecule has 0 radical (unpaired) electrons. The smallest absolute Gasteiger partial charge is 0.0121 e. The molecular formula is C11H21N. The SMILES string of the molecule is C[C@H]1C[C@H]2CCCC[C@H]2N(C)C1. The van der Waals surface area contributed by atoms with Crippen molar-refractivity contribution in [1.82, 2.24) is 4.90 Å². The molecule has 1 nitrogen and oxygen atoms in total. The zero-order valence-electron chi connectivity index (χ0n) is 8.42. The molecule has 0 aromatic rings. The van der Waals surface area contributed by atoms with E-state index < -0.39 is 0 Å². The van der Waals surface area contributed by atoms with Crippen LogP contribution in [-0.4, -0.2) is 24.5 Å². The molecule has 1 saturated heterocycles. The maximum atomic E-state index is 2.61. The lowest BCUT2D eigenvalue weighted by Gasteiger charge is -2.44. The molecule has 2 fully saturated rings. The number of piperidine rings is 1. The predicted octanol–water partition coefficient (Wildman–Crippen LogP) is 2.52. The third-order valence-electron chi connectivity index (χ3n) is 3.74. The number of nitrogens with zero attached hydrogens (tertiary/aromatic N) is 1. The molecule has 1 heterocycles. The van der Waals surface area contributed by atoms with Gasteiger partial charge in [-0.2, -0.15) is 0 Å². The van der Waals surface area contributed by atoms with Crippen molar-refractivity contribution < 1.29 is 0 Å². The third kappa shape index (κ3) is 1.52. The monoisotopic (exact) mass is 167 g/mol. The summed E-state index contributed by atoms with van der Waals surface area (Å²) < 4.78 is 0. The van der Waals surface area contributed by atoms with E-state index in [4.69, 9.17) is 0 Å². The Hall–Kier alpha value is -0.0400. The van der Waals surface area contributed by atoms with Crippen molar-refractivity contribution in [3.63, 3.8) is 0 Å². The highest BCUT2D eigenvalue weighted by molar-refractivity contribution is 4.87. The highest BCUT2D eigenvalue weighted by Gasteiger charge is 2.33. The molecule has 0 spiro atoms. The molecule has 1 heteroatoms. The first-order valence-corrected chi connectivity index (χ1v) is 5.47. The Morgan fingerprint density at radius 2 is 1.92 bits per heavy atom. The summed E-state index contributed by atoms with van der Waals surface area (Å²) in [5, 5.41) is 0. The fourth-order valence-corrected chi connectivity index (χ4v) is 3.26. The number of likely N-dealkylation sites (tertiary alicyclic amines) is 1. The zero-order valence-corrected chi connectivity index (χ0v) is 8.42. The van der Waals surface area contributed by atoms with Crippen LogP contribution < -0.4 is 0 Å². The van der Waals surface area contributed by atoms with Crippen molar-refractivity contribution >= 4 is 0 Å². The number of fused-ring (bicyclic) bond motifs is 1. The van der Waals surface area contributed by atoms with Crippen molar-refractivity contribution in [2.45, 2.75) is 45.1 Å². The van der Waals surface area contributed by atoms with Crippen LogP contribution >= 0.6 is 0 Å². The second kappa shape index (κ2) is 3.37. The minimum atomic E-state index is 0.939. The quantitative estimate of drug-likeness (QED) is 0.536. The molecule has 3 atom stereocenters. The summed E-state index contributed by atoms with van der Waals surface area (Å²) in [6, 6.07) is 0.940. The van der Waals surface area contributed by atoms with Crippen LogP contribution in [0.2, 0.25) is 0 Å². The average Bonchev–Trinajstić information content (AvgIpc) is 2.04. The van der Waals surface area contributed by atoms with Gasteiger partial charge in [-0.05, 0) is 38.1 Å². The maximum absolute atomic E-state index is 2.61. The lowest BCUT2D eigenvalue weighted by atomic mass is 9.76. The van der Waals surface area contributed by atoms with Crippen molar-refractivity contribution in [1.29, 1.82) is 0 Å². The van der Waals surface area contributed by atoms with Crippen molar-refractivity contribution in [3.05, 3.63) is 0 Å². The fourth-order valence-electron chi connectivity index (χ4n) is 3.26. The number of hydrogen-bond donors (Lipinski definition) is 0. The van der Waals surface area contributed by atoms with Crippen molar-refractivity contribution in [2.24, 2.45) is 11.8 Å². The summed E-state index contributed by atoms with van der Waals surface area (Å²) in [4.78, 5) is 2.61. The van der Waals surface area contributed by atoms with Crippen LogP contribution in [0.5, 0.6) is 0 Å². The average molecular weight is 167 g/mol.